The first-order valence-electron chi connectivity index (χ1n) is 4.84. The van der Waals surface area contributed by atoms with Crippen LogP contribution in [-0.2, 0) is 4.74 Å². The molecule has 2 rings (SSSR count). The van der Waals surface area contributed by atoms with Crippen LogP contribution < -0.4 is 0 Å². The molecule has 15 heavy (non-hydrogen) atoms. The zero-order valence-corrected chi connectivity index (χ0v) is 10.2. The van der Waals surface area contributed by atoms with Crippen LogP contribution in [0, 0.1) is 11.6 Å². The van der Waals surface area contributed by atoms with Gasteiger partial charge in [-0.3, -0.25) is 0 Å². The van der Waals surface area contributed by atoms with E-state index in [1.165, 1.54) is 18.2 Å². The van der Waals surface area contributed by atoms with Crippen molar-refractivity contribution in [3.8, 4) is 0 Å². The lowest BCUT2D eigenvalue weighted by Crippen LogP contribution is -2.25. The maximum Gasteiger partial charge on any atom is 0.129 e. The summed E-state index contributed by atoms with van der Waals surface area (Å²) < 4.78 is 32.6. The fraction of sp³-hybridized carbons (Fsp3) is 0.455. The van der Waals surface area contributed by atoms with Crippen molar-refractivity contribution in [1.82, 2.24) is 0 Å². The Morgan fingerprint density at radius 1 is 1.20 bits per heavy atom. The van der Waals surface area contributed by atoms with E-state index in [9.17, 15) is 8.78 Å². The molecular weight excluding hydrogens is 313 g/mol. The maximum atomic E-state index is 13.5. The van der Waals surface area contributed by atoms with Crippen molar-refractivity contribution in [2.24, 2.45) is 0 Å². The highest BCUT2D eigenvalue weighted by Crippen LogP contribution is 2.32. The molecule has 0 saturated carbocycles. The minimum Gasteiger partial charge on any atom is -0.380 e. The molecule has 0 N–H and O–H groups in total. The van der Waals surface area contributed by atoms with E-state index in [0.717, 1.165) is 6.42 Å². The lowest BCUT2D eigenvalue weighted by Gasteiger charge is -2.26. The van der Waals surface area contributed by atoms with Gasteiger partial charge in [0.2, 0.25) is 0 Å². The number of halogens is 3. The highest BCUT2D eigenvalue weighted by Gasteiger charge is 2.26. The Morgan fingerprint density at radius 2 is 1.87 bits per heavy atom. The van der Waals surface area contributed by atoms with Crippen molar-refractivity contribution in [3.63, 3.8) is 0 Å². The van der Waals surface area contributed by atoms with Crippen LogP contribution in [0.3, 0.4) is 0 Å². The van der Waals surface area contributed by atoms with Crippen molar-refractivity contribution in [2.45, 2.75) is 16.3 Å². The molecule has 1 saturated heterocycles. The van der Waals surface area contributed by atoms with Crippen LogP contribution in [0.5, 0.6) is 0 Å². The first-order valence-corrected chi connectivity index (χ1v) is 6.08. The fourth-order valence-electron chi connectivity index (χ4n) is 1.88. The average Bonchev–Trinajstić information content (AvgIpc) is 2.17. The van der Waals surface area contributed by atoms with Crippen LogP contribution in [0.1, 0.15) is 17.9 Å². The molecule has 0 radical (unpaired) electrons. The summed E-state index contributed by atoms with van der Waals surface area (Å²) in [5.41, 5.74) is 0.180. The van der Waals surface area contributed by atoms with Gasteiger partial charge in [0.1, 0.15) is 11.6 Å². The summed E-state index contributed by atoms with van der Waals surface area (Å²) in [6.45, 7) is 1.09. The summed E-state index contributed by atoms with van der Waals surface area (Å²) in [6, 6.07) is 3.99. The molecular formula is C11H11F2IO. The molecule has 82 valence electrons. The van der Waals surface area contributed by atoms with Crippen LogP contribution in [0.4, 0.5) is 8.78 Å². The molecule has 1 aliphatic rings. The summed E-state index contributed by atoms with van der Waals surface area (Å²) >= 11 is 2.25. The third-order valence-electron chi connectivity index (χ3n) is 2.57. The molecule has 1 aliphatic heterocycles. The van der Waals surface area contributed by atoms with E-state index in [1.807, 2.05) is 0 Å². The standard InChI is InChI=1S/C11H11F2IO/c12-9-2-1-3-10(13)11(9)7-4-8(14)6-15-5-7/h1-3,7-8H,4-6H2. The van der Waals surface area contributed by atoms with E-state index in [-0.39, 0.29) is 11.5 Å². The van der Waals surface area contributed by atoms with Crippen LogP contribution in [0.15, 0.2) is 18.2 Å². The Balaban J connectivity index is 2.28. The molecule has 1 fully saturated rings. The van der Waals surface area contributed by atoms with Gasteiger partial charge in [-0.1, -0.05) is 28.7 Å². The van der Waals surface area contributed by atoms with Gasteiger partial charge in [0.05, 0.1) is 13.2 Å². The summed E-state index contributed by atoms with van der Waals surface area (Å²) in [6.07, 6.45) is 0.776. The second-order valence-electron chi connectivity index (χ2n) is 3.70. The van der Waals surface area contributed by atoms with E-state index in [0.29, 0.717) is 17.1 Å². The lowest BCUT2D eigenvalue weighted by molar-refractivity contribution is 0.0863. The number of hydrogen-bond donors (Lipinski definition) is 0. The summed E-state index contributed by atoms with van der Waals surface area (Å²) in [5, 5.41) is 0. The molecule has 2 atom stereocenters. The predicted molar refractivity (Wildman–Crippen MR) is 62.3 cm³/mol. The highest BCUT2D eigenvalue weighted by molar-refractivity contribution is 14.1. The van der Waals surface area contributed by atoms with E-state index in [2.05, 4.69) is 22.6 Å². The van der Waals surface area contributed by atoms with E-state index < -0.39 is 11.6 Å². The molecule has 1 aromatic carbocycles. The fourth-order valence-corrected chi connectivity index (χ4v) is 2.75. The number of benzene rings is 1. The summed E-state index contributed by atoms with van der Waals surface area (Å²) in [4.78, 5) is 0. The van der Waals surface area contributed by atoms with E-state index >= 15 is 0 Å². The van der Waals surface area contributed by atoms with E-state index in [1.54, 1.807) is 0 Å². The van der Waals surface area contributed by atoms with Crippen LogP contribution in [-0.4, -0.2) is 17.1 Å². The quantitative estimate of drug-likeness (QED) is 0.569. The Kier molecular flexibility index (Phi) is 3.56. The average molecular weight is 324 g/mol. The van der Waals surface area contributed by atoms with Crippen LogP contribution >= 0.6 is 22.6 Å². The molecule has 0 bridgehead atoms. The zero-order chi connectivity index (χ0) is 10.8. The SMILES string of the molecule is Fc1cccc(F)c1C1COCC(I)C1. The smallest absolute Gasteiger partial charge is 0.129 e. The third-order valence-corrected chi connectivity index (χ3v) is 3.43. The number of hydrogen-bond acceptors (Lipinski definition) is 1. The number of ether oxygens (including phenoxy) is 1. The second kappa shape index (κ2) is 4.74. The van der Waals surface area contributed by atoms with Gasteiger partial charge < -0.3 is 4.74 Å². The van der Waals surface area contributed by atoms with Gasteiger partial charge in [-0.15, -0.1) is 0 Å². The van der Waals surface area contributed by atoms with Gasteiger partial charge in [0, 0.05) is 15.4 Å². The monoisotopic (exact) mass is 324 g/mol. The van der Waals surface area contributed by atoms with Gasteiger partial charge in [0.15, 0.2) is 0 Å². The molecule has 0 amide bonds. The third kappa shape index (κ3) is 2.47. The minimum absolute atomic E-state index is 0.151. The van der Waals surface area contributed by atoms with Crippen molar-refractivity contribution >= 4 is 22.6 Å². The molecule has 0 aliphatic carbocycles. The molecule has 0 spiro atoms. The van der Waals surface area contributed by atoms with E-state index in [4.69, 9.17) is 4.74 Å². The van der Waals surface area contributed by atoms with Gasteiger partial charge in [-0.2, -0.15) is 0 Å². The molecule has 1 heterocycles. The van der Waals surface area contributed by atoms with Gasteiger partial charge in [-0.05, 0) is 18.6 Å². The van der Waals surface area contributed by atoms with Gasteiger partial charge >= 0.3 is 0 Å². The first-order chi connectivity index (χ1) is 7.18. The maximum absolute atomic E-state index is 13.5. The van der Waals surface area contributed by atoms with Crippen LogP contribution in [0.25, 0.3) is 0 Å². The zero-order valence-electron chi connectivity index (χ0n) is 8.05. The minimum atomic E-state index is -0.464. The predicted octanol–water partition coefficient (Wildman–Crippen LogP) is 3.27. The Labute approximate surface area is 101 Å². The molecule has 2 unspecified atom stereocenters. The Hall–Kier alpha value is -0.230. The largest absolute Gasteiger partial charge is 0.380 e. The summed E-state index contributed by atoms with van der Waals surface area (Å²) in [7, 11) is 0. The molecule has 1 nitrogen and oxygen atoms in total. The van der Waals surface area contributed by atoms with Gasteiger partial charge in [-0.25, -0.2) is 8.78 Å². The molecule has 4 heteroatoms. The lowest BCUT2D eigenvalue weighted by atomic mass is 9.93. The highest BCUT2D eigenvalue weighted by atomic mass is 127. The van der Waals surface area contributed by atoms with Crippen LogP contribution in [0.2, 0.25) is 0 Å². The summed E-state index contributed by atoms with van der Waals surface area (Å²) in [5.74, 6) is -1.08. The Morgan fingerprint density at radius 3 is 2.47 bits per heavy atom. The Bertz CT molecular complexity index is 336. The van der Waals surface area contributed by atoms with Crippen molar-refractivity contribution in [3.05, 3.63) is 35.4 Å². The number of alkyl halides is 1. The van der Waals surface area contributed by atoms with Crippen molar-refractivity contribution in [2.75, 3.05) is 13.2 Å². The normalized spacial score (nSPS) is 26.6. The second-order valence-corrected chi connectivity index (χ2v) is 5.46. The first kappa shape index (κ1) is 11.3. The van der Waals surface area contributed by atoms with Gasteiger partial charge in [0.25, 0.3) is 0 Å². The van der Waals surface area contributed by atoms with Crippen molar-refractivity contribution in [1.29, 1.82) is 0 Å². The molecule has 1 aromatic rings. The van der Waals surface area contributed by atoms with Crippen molar-refractivity contribution < 1.29 is 13.5 Å². The topological polar surface area (TPSA) is 9.23 Å². The molecule has 0 aromatic heterocycles. The number of rotatable bonds is 1.